The molecule has 2 unspecified atom stereocenters. The summed E-state index contributed by atoms with van der Waals surface area (Å²) in [7, 11) is 0. The minimum absolute atomic E-state index is 0.456. The third kappa shape index (κ3) is 1.74. The summed E-state index contributed by atoms with van der Waals surface area (Å²) in [6.45, 7) is 2.29. The van der Waals surface area contributed by atoms with E-state index in [0.29, 0.717) is 11.9 Å². The Kier molecular flexibility index (Phi) is 2.66. The number of hydrogen-bond donors (Lipinski definition) is 2. The molecule has 1 aliphatic carbocycles. The van der Waals surface area contributed by atoms with Gasteiger partial charge in [0.05, 0.1) is 11.4 Å². The Morgan fingerprint density at radius 1 is 1.26 bits per heavy atom. The second kappa shape index (κ2) is 4.27. The lowest BCUT2D eigenvalue weighted by Crippen LogP contribution is -2.15. The van der Waals surface area contributed by atoms with E-state index in [2.05, 4.69) is 47.7 Å². The van der Waals surface area contributed by atoms with Crippen molar-refractivity contribution in [3.8, 4) is 0 Å². The Bertz CT molecular complexity index is 626. The normalized spacial score (nSPS) is 30.1. The highest BCUT2D eigenvalue weighted by Gasteiger charge is 2.39. The first-order valence-electron chi connectivity index (χ1n) is 6.59. The first-order valence-corrected chi connectivity index (χ1v) is 7.67. The van der Waals surface area contributed by atoms with Gasteiger partial charge in [0.25, 0.3) is 0 Å². The van der Waals surface area contributed by atoms with Crippen molar-refractivity contribution in [3.05, 3.63) is 10.0 Å². The lowest BCUT2D eigenvalue weighted by molar-refractivity contribution is 0.441. The summed E-state index contributed by atoms with van der Waals surface area (Å²) in [5, 5.41) is 9.03. The number of anilines is 1. The fraction of sp³-hybridized carbons (Fsp3) is 0.583. The molecule has 3 N–H and O–H groups in total. The van der Waals surface area contributed by atoms with Gasteiger partial charge in [0.2, 0.25) is 0 Å². The van der Waals surface area contributed by atoms with Crippen LogP contribution in [0, 0.1) is 15.5 Å². The molecule has 2 fully saturated rings. The fourth-order valence-corrected chi connectivity index (χ4v) is 4.29. The zero-order valence-electron chi connectivity index (χ0n) is 10.4. The summed E-state index contributed by atoms with van der Waals surface area (Å²) < 4.78 is 2.98. The molecule has 100 valence electrons. The van der Waals surface area contributed by atoms with Crippen LogP contribution < -0.4 is 11.1 Å². The van der Waals surface area contributed by atoms with Gasteiger partial charge < -0.3 is 11.1 Å². The van der Waals surface area contributed by atoms with Gasteiger partial charge in [-0.15, -0.1) is 0 Å². The van der Waals surface area contributed by atoms with Crippen molar-refractivity contribution in [2.45, 2.75) is 18.9 Å². The molecule has 1 aliphatic heterocycles. The topological polar surface area (TPSA) is 81.7 Å². The van der Waals surface area contributed by atoms with Crippen LogP contribution in [-0.4, -0.2) is 32.8 Å². The zero-order chi connectivity index (χ0) is 13.0. The molecule has 0 aromatic carbocycles. The molecule has 1 saturated carbocycles. The molecule has 19 heavy (non-hydrogen) atoms. The molecule has 0 spiro atoms. The van der Waals surface area contributed by atoms with Crippen molar-refractivity contribution in [3.63, 3.8) is 0 Å². The molecule has 0 bridgehead atoms. The number of fused-ring (bicyclic) bond motifs is 2. The third-order valence-corrected chi connectivity index (χ3v) is 5.21. The highest BCUT2D eigenvalue weighted by Crippen LogP contribution is 2.42. The second-order valence-electron chi connectivity index (χ2n) is 5.50. The first-order chi connectivity index (χ1) is 9.24. The first kappa shape index (κ1) is 11.8. The van der Waals surface area contributed by atoms with Crippen molar-refractivity contribution in [1.29, 1.82) is 0 Å². The van der Waals surface area contributed by atoms with Crippen molar-refractivity contribution >= 4 is 39.4 Å². The standard InChI is InChI=1S/C12H15IN6/c13-10-9-11(14)16-5-17-12(9)19(18-10)8-1-6-3-15-4-7(6)2-8/h5-8,15H,1-4H2,(H2,14,16,17). The lowest BCUT2D eigenvalue weighted by Gasteiger charge is -2.12. The Balaban J connectivity index is 1.78. The number of hydrogen-bond acceptors (Lipinski definition) is 5. The molecule has 2 atom stereocenters. The monoisotopic (exact) mass is 370 g/mol. The molecular weight excluding hydrogens is 355 g/mol. The summed E-state index contributed by atoms with van der Waals surface area (Å²) >= 11 is 2.22. The molecular formula is C12H15IN6. The number of nitrogens with one attached hydrogen (secondary N) is 1. The van der Waals surface area contributed by atoms with E-state index in [-0.39, 0.29) is 0 Å². The van der Waals surface area contributed by atoms with Crippen LogP contribution in [0.2, 0.25) is 0 Å². The van der Waals surface area contributed by atoms with Crippen LogP contribution in [0.5, 0.6) is 0 Å². The minimum Gasteiger partial charge on any atom is -0.383 e. The van der Waals surface area contributed by atoms with Gasteiger partial charge >= 0.3 is 0 Å². The summed E-state index contributed by atoms with van der Waals surface area (Å²) in [6.07, 6.45) is 3.91. The van der Waals surface area contributed by atoms with Crippen LogP contribution in [0.3, 0.4) is 0 Å². The average molecular weight is 370 g/mol. The van der Waals surface area contributed by atoms with Gasteiger partial charge in [-0.3, -0.25) is 0 Å². The van der Waals surface area contributed by atoms with Crippen LogP contribution >= 0.6 is 22.6 Å². The molecule has 4 rings (SSSR count). The number of nitrogens with two attached hydrogens (primary N) is 1. The van der Waals surface area contributed by atoms with E-state index in [0.717, 1.165) is 39.7 Å². The quantitative estimate of drug-likeness (QED) is 0.737. The third-order valence-electron chi connectivity index (χ3n) is 4.45. The van der Waals surface area contributed by atoms with Crippen LogP contribution in [-0.2, 0) is 0 Å². The van der Waals surface area contributed by atoms with Gasteiger partial charge in [0, 0.05) is 0 Å². The van der Waals surface area contributed by atoms with Gasteiger partial charge in [-0.05, 0) is 60.4 Å². The van der Waals surface area contributed by atoms with E-state index >= 15 is 0 Å². The maximum Gasteiger partial charge on any atom is 0.164 e. The lowest BCUT2D eigenvalue weighted by atomic mass is 10.0. The predicted octanol–water partition coefficient (Wildman–Crippen LogP) is 1.18. The van der Waals surface area contributed by atoms with Gasteiger partial charge in [0.1, 0.15) is 15.8 Å². The molecule has 6 nitrogen and oxygen atoms in total. The molecule has 2 aromatic rings. The van der Waals surface area contributed by atoms with Crippen molar-refractivity contribution in [1.82, 2.24) is 25.1 Å². The molecule has 0 amide bonds. The van der Waals surface area contributed by atoms with Crippen molar-refractivity contribution in [2.75, 3.05) is 18.8 Å². The maximum atomic E-state index is 5.94. The average Bonchev–Trinajstić information content (AvgIpc) is 3.02. The number of aromatic nitrogens is 4. The van der Waals surface area contributed by atoms with E-state index in [1.807, 2.05) is 0 Å². The van der Waals surface area contributed by atoms with E-state index < -0.39 is 0 Å². The van der Waals surface area contributed by atoms with E-state index in [9.17, 15) is 0 Å². The van der Waals surface area contributed by atoms with Gasteiger partial charge in [-0.1, -0.05) is 0 Å². The number of rotatable bonds is 1. The van der Waals surface area contributed by atoms with E-state index in [4.69, 9.17) is 5.73 Å². The minimum atomic E-state index is 0.456. The van der Waals surface area contributed by atoms with E-state index in [1.165, 1.54) is 19.2 Å². The Hall–Kier alpha value is -0.960. The van der Waals surface area contributed by atoms with Gasteiger partial charge in [0.15, 0.2) is 5.65 Å². The molecule has 3 heterocycles. The van der Waals surface area contributed by atoms with Crippen LogP contribution in [0.1, 0.15) is 18.9 Å². The number of nitrogens with zero attached hydrogens (tertiary/aromatic N) is 4. The summed E-state index contributed by atoms with van der Waals surface area (Å²) in [5.41, 5.74) is 6.83. The smallest absolute Gasteiger partial charge is 0.164 e. The molecule has 2 aromatic heterocycles. The maximum absolute atomic E-state index is 5.94. The van der Waals surface area contributed by atoms with Crippen LogP contribution in [0.4, 0.5) is 5.82 Å². The molecule has 1 saturated heterocycles. The van der Waals surface area contributed by atoms with E-state index in [1.54, 1.807) is 0 Å². The largest absolute Gasteiger partial charge is 0.383 e. The second-order valence-corrected chi connectivity index (χ2v) is 6.52. The summed E-state index contributed by atoms with van der Waals surface area (Å²) in [6, 6.07) is 0.456. The van der Waals surface area contributed by atoms with Crippen molar-refractivity contribution in [2.24, 2.45) is 11.8 Å². The van der Waals surface area contributed by atoms with Crippen LogP contribution in [0.15, 0.2) is 6.33 Å². The number of halogens is 1. The van der Waals surface area contributed by atoms with Gasteiger partial charge in [-0.25, -0.2) is 14.6 Å². The highest BCUT2D eigenvalue weighted by atomic mass is 127. The Morgan fingerprint density at radius 2 is 2.00 bits per heavy atom. The summed E-state index contributed by atoms with van der Waals surface area (Å²) in [4.78, 5) is 8.45. The Labute approximate surface area is 124 Å². The summed E-state index contributed by atoms with van der Waals surface area (Å²) in [5.74, 6) is 2.11. The molecule has 2 aliphatic rings. The Morgan fingerprint density at radius 3 is 2.74 bits per heavy atom. The zero-order valence-corrected chi connectivity index (χ0v) is 12.5. The van der Waals surface area contributed by atoms with Crippen LogP contribution in [0.25, 0.3) is 11.0 Å². The SMILES string of the molecule is Nc1ncnc2c1c(I)nn2C1CC2CNCC2C1. The molecule has 0 radical (unpaired) electrons. The highest BCUT2D eigenvalue weighted by molar-refractivity contribution is 14.1. The van der Waals surface area contributed by atoms with Gasteiger partial charge in [-0.2, -0.15) is 5.10 Å². The van der Waals surface area contributed by atoms with Crippen molar-refractivity contribution < 1.29 is 0 Å². The fourth-order valence-electron chi connectivity index (χ4n) is 3.54. The molecule has 7 heteroatoms. The predicted molar refractivity (Wildman–Crippen MR) is 80.6 cm³/mol. The number of nitrogen functional groups attached to an aromatic ring is 1.